The molecule has 8 nitrogen and oxygen atoms in total. The molecule has 3 rings (SSSR count). The van der Waals surface area contributed by atoms with E-state index in [2.05, 4.69) is 10.3 Å². The summed E-state index contributed by atoms with van der Waals surface area (Å²) >= 11 is 0. The van der Waals surface area contributed by atoms with Gasteiger partial charge in [-0.1, -0.05) is 30.3 Å². The van der Waals surface area contributed by atoms with Gasteiger partial charge in [-0.3, -0.25) is 14.5 Å². The van der Waals surface area contributed by atoms with E-state index in [1.165, 1.54) is 0 Å². The molecule has 0 bridgehead atoms. The Morgan fingerprint density at radius 3 is 2.63 bits per heavy atom. The van der Waals surface area contributed by atoms with Crippen LogP contribution in [0.5, 0.6) is 0 Å². The van der Waals surface area contributed by atoms with Gasteiger partial charge >= 0.3 is 0 Å². The Hall–Kier alpha value is -3.15. The molecule has 2 heterocycles. The topological polar surface area (TPSA) is 101 Å². The highest BCUT2D eigenvalue weighted by Crippen LogP contribution is 2.19. The van der Waals surface area contributed by atoms with Gasteiger partial charge in [-0.15, -0.1) is 0 Å². The van der Waals surface area contributed by atoms with Crippen molar-refractivity contribution in [2.75, 3.05) is 40.3 Å². The average molecular weight is 409 g/mol. The first-order chi connectivity index (χ1) is 14.4. The predicted octanol–water partition coefficient (Wildman–Crippen LogP) is 1.45. The second-order valence-corrected chi connectivity index (χ2v) is 7.60. The molecule has 158 valence electrons. The second kappa shape index (κ2) is 9.57. The van der Waals surface area contributed by atoms with Crippen molar-refractivity contribution in [3.63, 3.8) is 0 Å². The zero-order valence-electron chi connectivity index (χ0n) is 17.5. The standard InChI is InChI=1S/C22H27N5O3/c1-15-19(11-17(12-23)25-15)22(29)27-13-18(14-27)30-10-9-24-21(28)20(26(2)3)16-7-5-4-6-8-16/h4-8,11,18,20,25H,9-10,13-14H2,1-3H3,(H,24,28). The van der Waals surface area contributed by atoms with Gasteiger partial charge in [0, 0.05) is 25.3 Å². The number of aromatic nitrogens is 1. The molecule has 1 fully saturated rings. The van der Waals surface area contributed by atoms with Gasteiger partial charge in [-0.25, -0.2) is 0 Å². The number of H-pyrrole nitrogens is 1. The van der Waals surface area contributed by atoms with Crippen molar-refractivity contribution in [2.45, 2.75) is 19.1 Å². The van der Waals surface area contributed by atoms with Crippen molar-refractivity contribution < 1.29 is 14.3 Å². The second-order valence-electron chi connectivity index (χ2n) is 7.60. The lowest BCUT2D eigenvalue weighted by Gasteiger charge is -2.39. The molecule has 0 aliphatic carbocycles. The summed E-state index contributed by atoms with van der Waals surface area (Å²) in [5, 5.41) is 11.9. The fourth-order valence-electron chi connectivity index (χ4n) is 3.54. The molecule has 30 heavy (non-hydrogen) atoms. The molecule has 2 N–H and O–H groups in total. The number of nitrogens with one attached hydrogen (secondary N) is 2. The van der Waals surface area contributed by atoms with Crippen molar-refractivity contribution in [1.29, 1.82) is 5.26 Å². The number of nitriles is 1. The van der Waals surface area contributed by atoms with Crippen molar-refractivity contribution in [1.82, 2.24) is 20.1 Å². The molecular weight excluding hydrogens is 382 g/mol. The van der Waals surface area contributed by atoms with Crippen molar-refractivity contribution in [2.24, 2.45) is 0 Å². The summed E-state index contributed by atoms with van der Waals surface area (Å²) in [5.41, 5.74) is 2.53. The number of aryl methyl sites for hydroxylation is 1. The monoisotopic (exact) mass is 409 g/mol. The molecule has 1 atom stereocenters. The van der Waals surface area contributed by atoms with E-state index < -0.39 is 0 Å². The molecule has 1 unspecified atom stereocenters. The van der Waals surface area contributed by atoms with Crippen molar-refractivity contribution in [3.05, 3.63) is 58.9 Å². The lowest BCUT2D eigenvalue weighted by atomic mass is 10.1. The molecule has 1 aliphatic rings. The third kappa shape index (κ3) is 4.87. The smallest absolute Gasteiger partial charge is 0.255 e. The minimum absolute atomic E-state index is 0.0423. The van der Waals surface area contributed by atoms with E-state index in [9.17, 15) is 9.59 Å². The minimum atomic E-state index is -0.356. The molecule has 2 aromatic rings. The van der Waals surface area contributed by atoms with E-state index in [1.807, 2.05) is 55.4 Å². The Balaban J connectivity index is 1.40. The van der Waals surface area contributed by atoms with Gasteiger partial charge in [0.2, 0.25) is 5.91 Å². The molecule has 1 saturated heterocycles. The van der Waals surface area contributed by atoms with Gasteiger partial charge in [-0.2, -0.15) is 5.26 Å². The number of likely N-dealkylation sites (N-methyl/N-ethyl adjacent to an activating group) is 1. The molecule has 1 aromatic carbocycles. The van der Waals surface area contributed by atoms with Crippen LogP contribution < -0.4 is 5.32 Å². The number of rotatable bonds is 8. The van der Waals surface area contributed by atoms with Crippen LogP contribution >= 0.6 is 0 Å². The Labute approximate surface area is 176 Å². The van der Waals surface area contributed by atoms with Crippen LogP contribution in [-0.2, 0) is 9.53 Å². The zero-order valence-corrected chi connectivity index (χ0v) is 17.5. The van der Waals surface area contributed by atoms with Crippen molar-refractivity contribution in [3.8, 4) is 6.07 Å². The van der Waals surface area contributed by atoms with Crippen LogP contribution in [0.1, 0.15) is 33.4 Å². The lowest BCUT2D eigenvalue weighted by Crippen LogP contribution is -2.55. The summed E-state index contributed by atoms with van der Waals surface area (Å²) in [6.07, 6.45) is -0.0423. The largest absolute Gasteiger partial charge is 0.373 e. The number of ether oxygens (including phenoxy) is 1. The molecule has 2 amide bonds. The molecule has 1 aromatic heterocycles. The molecule has 0 spiro atoms. The van der Waals surface area contributed by atoms with Crippen molar-refractivity contribution >= 4 is 11.8 Å². The van der Waals surface area contributed by atoms with E-state index in [-0.39, 0.29) is 24.0 Å². The van der Waals surface area contributed by atoms with Gasteiger partial charge < -0.3 is 19.9 Å². The summed E-state index contributed by atoms with van der Waals surface area (Å²) in [5.74, 6) is -0.175. The van der Waals surface area contributed by atoms with E-state index in [0.29, 0.717) is 43.2 Å². The number of hydrogen-bond acceptors (Lipinski definition) is 5. The summed E-state index contributed by atoms with van der Waals surface area (Å²) < 4.78 is 5.76. The van der Waals surface area contributed by atoms with Crippen LogP contribution in [0, 0.1) is 18.3 Å². The molecule has 8 heteroatoms. The first-order valence-electron chi connectivity index (χ1n) is 9.90. The molecule has 1 aliphatic heterocycles. The van der Waals surface area contributed by atoms with Gasteiger partial charge in [0.15, 0.2) is 0 Å². The van der Waals surface area contributed by atoms with Crippen LogP contribution in [-0.4, -0.2) is 73.0 Å². The van der Waals surface area contributed by atoms with Gasteiger partial charge in [-0.05, 0) is 32.6 Å². The van der Waals surface area contributed by atoms with E-state index in [4.69, 9.17) is 10.00 Å². The Bertz CT molecular complexity index is 926. The maximum atomic E-state index is 12.6. The maximum Gasteiger partial charge on any atom is 0.255 e. The number of carbonyl (C=O) groups is 2. The van der Waals surface area contributed by atoms with Crippen LogP contribution in [0.3, 0.4) is 0 Å². The summed E-state index contributed by atoms with van der Waals surface area (Å²) in [4.78, 5) is 31.5. The number of aromatic amines is 1. The summed E-state index contributed by atoms with van der Waals surface area (Å²) in [6, 6.07) is 12.9. The number of carbonyl (C=O) groups excluding carboxylic acids is 2. The highest BCUT2D eigenvalue weighted by molar-refractivity contribution is 5.96. The maximum absolute atomic E-state index is 12.6. The SMILES string of the molecule is Cc1[nH]c(C#N)cc1C(=O)N1CC(OCCNC(=O)C(c2ccccc2)N(C)C)C1. The van der Waals surface area contributed by atoms with Crippen LogP contribution in [0.15, 0.2) is 36.4 Å². The minimum Gasteiger partial charge on any atom is -0.373 e. The Kier molecular flexibility index (Phi) is 6.87. The average Bonchev–Trinajstić information content (AvgIpc) is 3.07. The lowest BCUT2D eigenvalue weighted by molar-refractivity contribution is -0.126. The van der Waals surface area contributed by atoms with Crippen LogP contribution in [0.25, 0.3) is 0 Å². The number of benzene rings is 1. The quantitative estimate of drug-likeness (QED) is 0.643. The fourth-order valence-corrected chi connectivity index (χ4v) is 3.54. The van der Waals surface area contributed by atoms with E-state index in [0.717, 1.165) is 5.56 Å². The Morgan fingerprint density at radius 2 is 2.03 bits per heavy atom. The fraction of sp³-hybridized carbons (Fsp3) is 0.409. The number of hydrogen-bond donors (Lipinski definition) is 2. The van der Waals surface area contributed by atoms with Gasteiger partial charge in [0.1, 0.15) is 17.8 Å². The van der Waals surface area contributed by atoms with Gasteiger partial charge in [0.25, 0.3) is 5.91 Å². The number of amides is 2. The van der Waals surface area contributed by atoms with E-state index >= 15 is 0 Å². The number of likely N-dealkylation sites (tertiary alicyclic amines) is 1. The highest BCUT2D eigenvalue weighted by Gasteiger charge is 2.33. The zero-order chi connectivity index (χ0) is 21.7. The molecular formula is C22H27N5O3. The normalized spacial score (nSPS) is 14.8. The predicted molar refractivity (Wildman–Crippen MR) is 112 cm³/mol. The first-order valence-corrected chi connectivity index (χ1v) is 9.90. The molecule has 0 saturated carbocycles. The van der Waals surface area contributed by atoms with E-state index in [1.54, 1.807) is 17.9 Å². The third-order valence-electron chi connectivity index (χ3n) is 5.14. The summed E-state index contributed by atoms with van der Waals surface area (Å²) in [7, 11) is 3.75. The first kappa shape index (κ1) is 21.6. The number of nitrogens with zero attached hydrogens (tertiary/aromatic N) is 3. The molecule has 0 radical (unpaired) electrons. The van der Waals surface area contributed by atoms with Crippen LogP contribution in [0.2, 0.25) is 0 Å². The van der Waals surface area contributed by atoms with Crippen LogP contribution in [0.4, 0.5) is 0 Å². The van der Waals surface area contributed by atoms with Gasteiger partial charge in [0.05, 0.1) is 18.3 Å². The highest BCUT2D eigenvalue weighted by atomic mass is 16.5. The Morgan fingerprint density at radius 1 is 1.33 bits per heavy atom. The third-order valence-corrected chi connectivity index (χ3v) is 5.14. The summed E-state index contributed by atoms with van der Waals surface area (Å²) in [6.45, 7) is 3.58.